The number of aromatic amines is 1. The zero-order valence-electron chi connectivity index (χ0n) is 25.9. The highest BCUT2D eigenvalue weighted by atomic mass is 35.5. The number of anilines is 1. The van der Waals surface area contributed by atoms with E-state index in [4.69, 9.17) is 26.1 Å². The molecule has 1 saturated carbocycles. The van der Waals surface area contributed by atoms with Gasteiger partial charge in [-0.2, -0.15) is 0 Å². The molecule has 1 aliphatic carbocycles. The van der Waals surface area contributed by atoms with Crippen LogP contribution in [0.5, 0.6) is 0 Å². The zero-order chi connectivity index (χ0) is 31.1. The molecule has 1 saturated heterocycles. The van der Waals surface area contributed by atoms with Gasteiger partial charge in [0.25, 0.3) is 0 Å². The first kappa shape index (κ1) is 30.1. The van der Waals surface area contributed by atoms with Crippen molar-refractivity contribution in [2.24, 2.45) is 11.8 Å². The van der Waals surface area contributed by atoms with Gasteiger partial charge in [-0.25, -0.2) is 19.6 Å². The number of amides is 2. The maximum absolute atomic E-state index is 13.0. The number of nitrogens with one attached hydrogen (secondary N) is 2. The molecule has 2 atom stereocenters. The molecular weight excluding hydrogens is 582 g/mol. The number of carbonyl (C=O) groups is 1. The smallest absolute Gasteiger partial charge is 0.336 e. The van der Waals surface area contributed by atoms with E-state index in [9.17, 15) is 9.59 Å². The van der Waals surface area contributed by atoms with E-state index in [-0.39, 0.29) is 30.0 Å². The Morgan fingerprint density at radius 3 is 2.45 bits per heavy atom. The van der Waals surface area contributed by atoms with Crippen molar-refractivity contribution in [2.75, 3.05) is 18.0 Å². The number of imidazole rings is 1. The Morgan fingerprint density at radius 1 is 1.09 bits per heavy atom. The molecule has 1 aliphatic heterocycles. The fourth-order valence-corrected chi connectivity index (χ4v) is 6.88. The Labute approximate surface area is 261 Å². The Morgan fingerprint density at radius 2 is 1.82 bits per heavy atom. The van der Waals surface area contributed by atoms with Crippen molar-refractivity contribution in [1.29, 1.82) is 0 Å². The van der Waals surface area contributed by atoms with Gasteiger partial charge in [-0.05, 0) is 64.5 Å². The minimum absolute atomic E-state index is 0.00853. The molecule has 2 N–H and O–H groups in total. The number of fused-ring (bicyclic) bond motifs is 1. The monoisotopic (exact) mass is 621 g/mol. The van der Waals surface area contributed by atoms with Crippen molar-refractivity contribution in [3.8, 4) is 22.8 Å². The summed E-state index contributed by atoms with van der Waals surface area (Å²) in [4.78, 5) is 46.2. The van der Waals surface area contributed by atoms with Crippen LogP contribution < -0.4 is 16.0 Å². The van der Waals surface area contributed by atoms with Crippen LogP contribution in [0.2, 0.25) is 5.02 Å². The van der Waals surface area contributed by atoms with Crippen LogP contribution in [-0.4, -0.2) is 71.8 Å². The maximum Gasteiger partial charge on any atom is 0.439 e. The standard InChI is InChI=1S/C31H40ClN9O3/c1-17(2)34-30(42)39-14-19(4)41(20(5)15-39)29-36-24-11-25(28-37-31(43)44-38-28)35-26(22-10-23(32)13-33-12-22)27(24)40(29)16-21-8-6-18(3)7-9-21/h10-13,17-21H,6-9,14-16H2,1-5H3,(H,34,42)(H,37,38,43)/t18?,19-,20-,21?/m0/s1. The predicted molar refractivity (Wildman–Crippen MR) is 170 cm³/mol. The largest absolute Gasteiger partial charge is 0.439 e. The van der Waals surface area contributed by atoms with Crippen LogP contribution in [-0.2, 0) is 6.54 Å². The molecule has 5 heterocycles. The molecule has 0 aromatic carbocycles. The number of pyridine rings is 2. The summed E-state index contributed by atoms with van der Waals surface area (Å²) in [7, 11) is 0. The summed E-state index contributed by atoms with van der Waals surface area (Å²) in [5, 5.41) is 7.42. The average molecular weight is 622 g/mol. The Bertz CT molecular complexity index is 1690. The summed E-state index contributed by atoms with van der Waals surface area (Å²) in [6.07, 6.45) is 8.03. The normalized spacial score (nSPS) is 22.6. The number of urea groups is 1. The minimum atomic E-state index is -0.660. The van der Waals surface area contributed by atoms with E-state index in [0.29, 0.717) is 40.9 Å². The van der Waals surface area contributed by atoms with Gasteiger partial charge in [0.1, 0.15) is 5.69 Å². The van der Waals surface area contributed by atoms with Crippen LogP contribution >= 0.6 is 11.6 Å². The summed E-state index contributed by atoms with van der Waals surface area (Å²) in [6, 6.07) is 3.71. The van der Waals surface area contributed by atoms with E-state index in [1.54, 1.807) is 12.4 Å². The third-order valence-electron chi connectivity index (χ3n) is 8.79. The molecular formula is C31H40ClN9O3. The molecule has 2 aliphatic rings. The van der Waals surface area contributed by atoms with Gasteiger partial charge in [0.2, 0.25) is 11.8 Å². The lowest BCUT2D eigenvalue weighted by Crippen LogP contribution is -2.61. The van der Waals surface area contributed by atoms with Crippen LogP contribution in [0.1, 0.15) is 60.3 Å². The third kappa shape index (κ3) is 6.04. The van der Waals surface area contributed by atoms with Gasteiger partial charge in [-0.15, -0.1) is 0 Å². The van der Waals surface area contributed by atoms with Crippen molar-refractivity contribution >= 4 is 34.6 Å². The van der Waals surface area contributed by atoms with E-state index >= 15 is 0 Å². The molecule has 4 aromatic heterocycles. The SMILES string of the molecule is CC1CCC(Cn2c(N3[C@@H](C)CN(C(=O)NC(C)C)C[C@@H]3C)nc3cc(-c4noc(=O)[nH]4)nc(-c4cncc(Cl)c4)c32)CC1. The van der Waals surface area contributed by atoms with Gasteiger partial charge in [0, 0.05) is 55.7 Å². The molecule has 2 amide bonds. The number of aromatic nitrogens is 6. The molecule has 13 heteroatoms. The molecule has 2 fully saturated rings. The maximum atomic E-state index is 13.0. The quantitative estimate of drug-likeness (QED) is 0.294. The van der Waals surface area contributed by atoms with Gasteiger partial charge < -0.3 is 19.7 Å². The Hall–Kier alpha value is -3.93. The van der Waals surface area contributed by atoms with Crippen LogP contribution in [0.15, 0.2) is 33.8 Å². The van der Waals surface area contributed by atoms with E-state index in [1.165, 1.54) is 12.8 Å². The summed E-state index contributed by atoms with van der Waals surface area (Å²) in [5.41, 5.74) is 3.40. The second-order valence-electron chi connectivity index (χ2n) is 12.8. The summed E-state index contributed by atoms with van der Waals surface area (Å²) < 4.78 is 7.12. The second-order valence-corrected chi connectivity index (χ2v) is 13.3. The van der Waals surface area contributed by atoms with E-state index in [1.807, 2.05) is 30.9 Å². The number of nitrogens with zero attached hydrogens (tertiary/aromatic N) is 7. The number of rotatable bonds is 6. The van der Waals surface area contributed by atoms with Crippen molar-refractivity contribution < 1.29 is 9.32 Å². The predicted octanol–water partition coefficient (Wildman–Crippen LogP) is 5.33. The first-order chi connectivity index (χ1) is 21.1. The van der Waals surface area contributed by atoms with Gasteiger partial charge in [0.15, 0.2) is 0 Å². The van der Waals surface area contributed by atoms with Crippen LogP contribution in [0.4, 0.5) is 10.7 Å². The molecule has 0 unspecified atom stereocenters. The molecule has 0 radical (unpaired) electrons. The van der Waals surface area contributed by atoms with Gasteiger partial charge in [0.05, 0.1) is 21.7 Å². The third-order valence-corrected chi connectivity index (χ3v) is 9.00. The van der Waals surface area contributed by atoms with Gasteiger partial charge in [-0.1, -0.05) is 36.5 Å². The van der Waals surface area contributed by atoms with Crippen molar-refractivity contribution in [2.45, 2.75) is 85.0 Å². The summed E-state index contributed by atoms with van der Waals surface area (Å²) in [6.45, 7) is 12.5. The fourth-order valence-electron chi connectivity index (χ4n) is 6.71. The van der Waals surface area contributed by atoms with Crippen LogP contribution in [0.3, 0.4) is 0 Å². The zero-order valence-corrected chi connectivity index (χ0v) is 26.6. The van der Waals surface area contributed by atoms with Crippen molar-refractivity contribution in [3.05, 3.63) is 40.1 Å². The Kier molecular flexibility index (Phi) is 8.36. The molecule has 0 spiro atoms. The second kappa shape index (κ2) is 12.2. The van der Waals surface area contributed by atoms with Crippen LogP contribution in [0, 0.1) is 11.8 Å². The molecule has 234 valence electrons. The molecule has 12 nitrogen and oxygen atoms in total. The van der Waals surface area contributed by atoms with E-state index in [0.717, 1.165) is 42.3 Å². The topological polar surface area (TPSA) is 138 Å². The number of halogens is 1. The van der Waals surface area contributed by atoms with Gasteiger partial charge >= 0.3 is 11.8 Å². The lowest BCUT2D eigenvalue weighted by molar-refractivity contribution is 0.173. The number of carbonyl (C=O) groups excluding carboxylic acids is 1. The lowest BCUT2D eigenvalue weighted by atomic mass is 9.83. The number of piperazine rings is 1. The minimum Gasteiger partial charge on any atom is -0.336 e. The highest BCUT2D eigenvalue weighted by Crippen LogP contribution is 2.38. The summed E-state index contributed by atoms with van der Waals surface area (Å²) in [5.74, 6) is 1.62. The number of H-pyrrole nitrogens is 1. The van der Waals surface area contributed by atoms with Crippen LogP contribution in [0.25, 0.3) is 33.8 Å². The van der Waals surface area contributed by atoms with Crippen molar-refractivity contribution in [1.82, 2.24) is 39.9 Å². The van der Waals surface area contributed by atoms with Crippen molar-refractivity contribution in [3.63, 3.8) is 0 Å². The molecule has 4 aromatic rings. The average Bonchev–Trinajstić information content (AvgIpc) is 3.56. The highest BCUT2D eigenvalue weighted by Gasteiger charge is 2.36. The molecule has 0 bridgehead atoms. The first-order valence-electron chi connectivity index (χ1n) is 15.5. The number of hydrogen-bond donors (Lipinski definition) is 2. The highest BCUT2D eigenvalue weighted by molar-refractivity contribution is 6.30. The van der Waals surface area contributed by atoms with E-state index in [2.05, 4.69) is 50.7 Å². The Balaban J connectivity index is 1.51. The van der Waals surface area contributed by atoms with E-state index < -0.39 is 5.76 Å². The first-order valence-corrected chi connectivity index (χ1v) is 15.9. The van der Waals surface area contributed by atoms with Gasteiger partial charge in [-0.3, -0.25) is 14.5 Å². The molecule has 44 heavy (non-hydrogen) atoms. The lowest BCUT2D eigenvalue weighted by Gasteiger charge is -2.45. The fraction of sp³-hybridized carbons (Fsp3) is 0.548. The molecule has 6 rings (SSSR count). The summed E-state index contributed by atoms with van der Waals surface area (Å²) >= 11 is 6.42. The number of hydrogen-bond acceptors (Lipinski definition) is 8.